The average molecular weight is 303 g/mol. The number of nitrogens with one attached hydrogen (secondary N) is 1. The molecule has 2 atom stereocenters. The van der Waals surface area contributed by atoms with Crippen LogP contribution in [0.2, 0.25) is 0 Å². The molecule has 3 rings (SSSR count). The summed E-state index contributed by atoms with van der Waals surface area (Å²) in [6, 6.07) is 5.41. The minimum absolute atomic E-state index is 0.372. The van der Waals surface area contributed by atoms with Crippen molar-refractivity contribution in [3.8, 4) is 0 Å². The van der Waals surface area contributed by atoms with Crippen LogP contribution in [0, 0.1) is 5.92 Å². The van der Waals surface area contributed by atoms with Crippen LogP contribution in [-0.4, -0.2) is 35.6 Å². The van der Waals surface area contributed by atoms with Gasteiger partial charge in [0.2, 0.25) is 0 Å². The van der Waals surface area contributed by atoms with Gasteiger partial charge in [-0.1, -0.05) is 0 Å². The van der Waals surface area contributed by atoms with E-state index in [1.165, 1.54) is 29.8 Å². The highest BCUT2D eigenvalue weighted by Crippen LogP contribution is 2.23. The maximum atomic E-state index is 4.54. The Kier molecular flexibility index (Phi) is 4.57. The molecule has 3 heterocycles. The Hall–Kier alpha value is -0.970. The van der Waals surface area contributed by atoms with E-state index in [9.17, 15) is 0 Å². The summed E-state index contributed by atoms with van der Waals surface area (Å²) in [5.74, 6) is 0.785. The third kappa shape index (κ3) is 3.44. The molecule has 1 N–H and O–H groups in total. The molecular weight excluding hydrogens is 278 g/mol. The molecular formula is C17H25N3S. The molecule has 0 radical (unpaired) electrons. The van der Waals surface area contributed by atoms with Gasteiger partial charge in [0.05, 0.1) is 10.2 Å². The molecule has 2 aromatic heterocycles. The van der Waals surface area contributed by atoms with Gasteiger partial charge in [0.1, 0.15) is 0 Å². The first-order chi connectivity index (χ1) is 10.1. The van der Waals surface area contributed by atoms with Crippen LogP contribution in [0.4, 0.5) is 0 Å². The fraction of sp³-hybridized carbons (Fsp3) is 0.588. The highest BCUT2D eigenvalue weighted by atomic mass is 32.1. The molecule has 1 aliphatic heterocycles. The number of pyridine rings is 1. The lowest BCUT2D eigenvalue weighted by atomic mass is 10.1. The van der Waals surface area contributed by atoms with E-state index in [0.717, 1.165) is 18.0 Å². The second-order valence-electron chi connectivity index (χ2n) is 6.45. The highest BCUT2D eigenvalue weighted by Gasteiger charge is 2.24. The quantitative estimate of drug-likeness (QED) is 0.913. The lowest BCUT2D eigenvalue weighted by Gasteiger charge is -2.21. The second-order valence-corrected chi connectivity index (χ2v) is 7.39. The summed E-state index contributed by atoms with van der Waals surface area (Å²) >= 11 is 1.77. The van der Waals surface area contributed by atoms with Crippen molar-refractivity contribution in [3.63, 3.8) is 0 Å². The summed E-state index contributed by atoms with van der Waals surface area (Å²) in [5, 5.41) is 5.80. The van der Waals surface area contributed by atoms with E-state index < -0.39 is 0 Å². The average Bonchev–Trinajstić information content (AvgIpc) is 3.12. The Morgan fingerprint density at radius 1 is 1.43 bits per heavy atom. The van der Waals surface area contributed by atoms with Crippen LogP contribution in [-0.2, 0) is 0 Å². The van der Waals surface area contributed by atoms with Gasteiger partial charge in [-0.15, -0.1) is 11.3 Å². The highest BCUT2D eigenvalue weighted by molar-refractivity contribution is 7.17. The number of rotatable bonds is 5. The molecule has 0 amide bonds. The number of thiophene rings is 1. The minimum atomic E-state index is 0.372. The Morgan fingerprint density at radius 2 is 2.29 bits per heavy atom. The molecule has 1 saturated heterocycles. The Labute approximate surface area is 131 Å². The number of nitrogens with zero attached hydrogens (tertiary/aromatic N) is 2. The minimum Gasteiger partial charge on any atom is -0.310 e. The van der Waals surface area contributed by atoms with Crippen LogP contribution in [0.5, 0.6) is 0 Å². The van der Waals surface area contributed by atoms with Crippen LogP contribution in [0.25, 0.3) is 10.2 Å². The lowest BCUT2D eigenvalue weighted by Crippen LogP contribution is -2.31. The molecule has 0 aliphatic carbocycles. The maximum absolute atomic E-state index is 4.54. The van der Waals surface area contributed by atoms with E-state index in [-0.39, 0.29) is 0 Å². The molecule has 4 heteroatoms. The van der Waals surface area contributed by atoms with Crippen molar-refractivity contribution >= 4 is 21.6 Å². The zero-order valence-corrected chi connectivity index (χ0v) is 14.0. The molecule has 21 heavy (non-hydrogen) atoms. The largest absolute Gasteiger partial charge is 0.310 e. The molecule has 2 aromatic rings. The van der Waals surface area contributed by atoms with Crippen molar-refractivity contribution in [2.45, 2.75) is 39.3 Å². The molecule has 0 spiro atoms. The fourth-order valence-corrected chi connectivity index (χ4v) is 3.85. The van der Waals surface area contributed by atoms with Crippen LogP contribution in [0.3, 0.4) is 0 Å². The van der Waals surface area contributed by atoms with Gasteiger partial charge in [-0.05, 0) is 69.3 Å². The van der Waals surface area contributed by atoms with Gasteiger partial charge in [-0.2, -0.15) is 0 Å². The van der Waals surface area contributed by atoms with Crippen LogP contribution < -0.4 is 5.32 Å². The van der Waals surface area contributed by atoms with Crippen LogP contribution >= 0.6 is 11.3 Å². The van der Waals surface area contributed by atoms with Crippen molar-refractivity contribution in [2.75, 3.05) is 19.6 Å². The summed E-state index contributed by atoms with van der Waals surface area (Å²) in [5.41, 5.74) is 2.41. The second kappa shape index (κ2) is 6.42. The normalized spacial score (nSPS) is 21.4. The van der Waals surface area contributed by atoms with Gasteiger partial charge in [-0.3, -0.25) is 4.98 Å². The number of fused-ring (bicyclic) bond motifs is 1. The fourth-order valence-electron chi connectivity index (χ4n) is 3.06. The molecule has 0 bridgehead atoms. The number of aromatic nitrogens is 1. The molecule has 3 nitrogen and oxygen atoms in total. The summed E-state index contributed by atoms with van der Waals surface area (Å²) in [6.07, 6.45) is 3.34. The van der Waals surface area contributed by atoms with Crippen molar-refractivity contribution in [2.24, 2.45) is 5.92 Å². The molecule has 1 aliphatic rings. The zero-order chi connectivity index (χ0) is 14.8. The number of hydrogen-bond acceptors (Lipinski definition) is 4. The third-order valence-electron chi connectivity index (χ3n) is 4.58. The number of hydrogen-bond donors (Lipinski definition) is 1. The maximum Gasteiger partial charge on any atom is 0.0809 e. The van der Waals surface area contributed by atoms with E-state index in [0.29, 0.717) is 12.1 Å². The first-order valence-electron chi connectivity index (χ1n) is 7.94. The van der Waals surface area contributed by atoms with Gasteiger partial charge in [0, 0.05) is 24.8 Å². The first kappa shape index (κ1) is 14.9. The summed E-state index contributed by atoms with van der Waals surface area (Å²) in [4.78, 5) is 7.12. The third-order valence-corrected chi connectivity index (χ3v) is 5.44. The van der Waals surface area contributed by atoms with E-state index in [1.807, 2.05) is 6.20 Å². The van der Waals surface area contributed by atoms with E-state index in [2.05, 4.69) is 53.5 Å². The Morgan fingerprint density at radius 3 is 3.05 bits per heavy atom. The predicted octanol–water partition coefficient (Wildman–Crippen LogP) is 3.68. The summed E-state index contributed by atoms with van der Waals surface area (Å²) in [6.45, 7) is 10.4. The predicted molar refractivity (Wildman–Crippen MR) is 90.9 cm³/mol. The topological polar surface area (TPSA) is 28.2 Å². The van der Waals surface area contributed by atoms with E-state index in [4.69, 9.17) is 0 Å². The summed E-state index contributed by atoms with van der Waals surface area (Å²) in [7, 11) is 0. The van der Waals surface area contributed by atoms with Crippen molar-refractivity contribution in [3.05, 3.63) is 29.3 Å². The standard InChI is InChI=1S/C17H25N3S/c1-12(2)20-6-4-14(11-20)9-18-13(3)15-8-17-16(19-10-15)5-7-21-17/h5,7-8,10,12-14,18H,4,6,9,11H2,1-3H3. The van der Waals surface area contributed by atoms with Gasteiger partial charge in [0.25, 0.3) is 0 Å². The monoisotopic (exact) mass is 303 g/mol. The molecule has 2 unspecified atom stereocenters. The lowest BCUT2D eigenvalue weighted by molar-refractivity contribution is 0.263. The van der Waals surface area contributed by atoms with E-state index >= 15 is 0 Å². The first-order valence-corrected chi connectivity index (χ1v) is 8.82. The smallest absolute Gasteiger partial charge is 0.0809 e. The van der Waals surface area contributed by atoms with Gasteiger partial charge < -0.3 is 10.2 Å². The Bertz CT molecular complexity index is 592. The van der Waals surface area contributed by atoms with E-state index in [1.54, 1.807) is 11.3 Å². The van der Waals surface area contributed by atoms with Crippen molar-refractivity contribution in [1.82, 2.24) is 15.2 Å². The molecule has 0 saturated carbocycles. The van der Waals surface area contributed by atoms with Gasteiger partial charge in [-0.25, -0.2) is 0 Å². The van der Waals surface area contributed by atoms with Crippen molar-refractivity contribution < 1.29 is 0 Å². The van der Waals surface area contributed by atoms with Crippen molar-refractivity contribution in [1.29, 1.82) is 0 Å². The Balaban J connectivity index is 1.55. The van der Waals surface area contributed by atoms with Gasteiger partial charge >= 0.3 is 0 Å². The zero-order valence-electron chi connectivity index (χ0n) is 13.2. The molecule has 114 valence electrons. The number of likely N-dealkylation sites (tertiary alicyclic amines) is 1. The SMILES string of the molecule is CC(NCC1CCN(C(C)C)C1)c1cnc2ccsc2c1. The summed E-state index contributed by atoms with van der Waals surface area (Å²) < 4.78 is 1.29. The molecule has 0 aromatic carbocycles. The van der Waals surface area contributed by atoms with Gasteiger partial charge in [0.15, 0.2) is 0 Å². The molecule has 1 fully saturated rings. The van der Waals surface area contributed by atoms with Crippen LogP contribution in [0.1, 0.15) is 38.8 Å². The van der Waals surface area contributed by atoms with Crippen LogP contribution in [0.15, 0.2) is 23.7 Å².